The van der Waals surface area contributed by atoms with Crippen LogP contribution in [0.5, 0.6) is 0 Å². The maximum atomic E-state index is 6.06. The number of benzene rings is 1. The van der Waals surface area contributed by atoms with Gasteiger partial charge in [0.05, 0.1) is 22.4 Å². The predicted molar refractivity (Wildman–Crippen MR) is 63.2 cm³/mol. The van der Waals surface area contributed by atoms with Gasteiger partial charge in [0, 0.05) is 5.39 Å². The lowest BCUT2D eigenvalue weighted by Crippen LogP contribution is -1.84. The molecule has 0 saturated carbocycles. The van der Waals surface area contributed by atoms with Gasteiger partial charge in [0.2, 0.25) is 5.76 Å². The maximum Gasteiger partial charge on any atom is 0.205 e. The zero-order valence-electron chi connectivity index (χ0n) is 8.20. The van der Waals surface area contributed by atoms with Gasteiger partial charge < -0.3 is 15.2 Å². The lowest BCUT2D eigenvalue weighted by atomic mass is 10.2. The highest BCUT2D eigenvalue weighted by molar-refractivity contribution is 6.35. The number of fused-ring (bicyclic) bond motifs is 1. The molecule has 2 aromatic heterocycles. The Kier molecular flexibility index (Phi) is 1.91. The van der Waals surface area contributed by atoms with Gasteiger partial charge in [0.1, 0.15) is 5.69 Å². The Balaban J connectivity index is 2.27. The quantitative estimate of drug-likeness (QED) is 0.679. The molecule has 16 heavy (non-hydrogen) atoms. The number of nitrogen functional groups attached to an aromatic ring is 1. The van der Waals surface area contributed by atoms with Crippen molar-refractivity contribution in [2.75, 3.05) is 5.73 Å². The maximum absolute atomic E-state index is 6.06. The topological polar surface area (TPSA) is 67.8 Å². The van der Waals surface area contributed by atoms with Crippen molar-refractivity contribution in [1.82, 2.24) is 10.1 Å². The molecule has 4 nitrogen and oxygen atoms in total. The minimum absolute atomic E-state index is 0.502. The first-order valence-corrected chi connectivity index (χ1v) is 5.11. The van der Waals surface area contributed by atoms with Crippen molar-refractivity contribution < 1.29 is 4.52 Å². The summed E-state index contributed by atoms with van der Waals surface area (Å²) >= 11 is 6.06. The number of hydrogen-bond acceptors (Lipinski definition) is 3. The fraction of sp³-hybridized carbons (Fsp3) is 0. The summed E-state index contributed by atoms with van der Waals surface area (Å²) in [7, 11) is 0. The van der Waals surface area contributed by atoms with Gasteiger partial charge in [0.15, 0.2) is 0 Å². The van der Waals surface area contributed by atoms with Crippen molar-refractivity contribution in [3.63, 3.8) is 0 Å². The summed E-state index contributed by atoms with van der Waals surface area (Å²) in [6, 6.07) is 7.62. The van der Waals surface area contributed by atoms with Gasteiger partial charge in [-0.3, -0.25) is 0 Å². The smallest absolute Gasteiger partial charge is 0.205 e. The second-order valence-electron chi connectivity index (χ2n) is 3.50. The highest BCUT2D eigenvalue weighted by atomic mass is 35.5. The molecule has 2 heterocycles. The van der Waals surface area contributed by atoms with Crippen LogP contribution in [0.3, 0.4) is 0 Å². The summed E-state index contributed by atoms with van der Waals surface area (Å²) in [5.41, 5.74) is 7.87. The number of nitrogens with zero attached hydrogens (tertiary/aromatic N) is 1. The average molecular weight is 234 g/mol. The number of halogens is 1. The number of nitrogens with two attached hydrogens (primary N) is 1. The van der Waals surface area contributed by atoms with Gasteiger partial charge in [0.25, 0.3) is 0 Å². The van der Waals surface area contributed by atoms with Gasteiger partial charge in [-0.25, -0.2) is 0 Å². The van der Waals surface area contributed by atoms with Crippen LogP contribution in [0, 0.1) is 0 Å². The molecule has 0 bridgehead atoms. The SMILES string of the molecule is Nc1cnoc1-c1cc2cccc(Cl)c2[nH]1. The fourth-order valence-corrected chi connectivity index (χ4v) is 1.92. The molecule has 3 aromatic rings. The molecule has 0 spiro atoms. The number of rotatable bonds is 1. The number of nitrogens with one attached hydrogen (secondary N) is 1. The van der Waals surface area contributed by atoms with E-state index in [1.165, 1.54) is 6.20 Å². The summed E-state index contributed by atoms with van der Waals surface area (Å²) in [4.78, 5) is 3.16. The molecule has 0 saturated heterocycles. The molecule has 80 valence electrons. The molecule has 0 aliphatic heterocycles. The summed E-state index contributed by atoms with van der Waals surface area (Å²) in [6.45, 7) is 0. The average Bonchev–Trinajstić information content (AvgIpc) is 2.84. The third-order valence-electron chi connectivity index (χ3n) is 2.45. The first kappa shape index (κ1) is 9.30. The van der Waals surface area contributed by atoms with Gasteiger partial charge in [-0.05, 0) is 12.1 Å². The lowest BCUT2D eigenvalue weighted by molar-refractivity contribution is 0.431. The zero-order chi connectivity index (χ0) is 11.1. The van der Waals surface area contributed by atoms with E-state index in [9.17, 15) is 0 Å². The van der Waals surface area contributed by atoms with Crippen LogP contribution in [-0.2, 0) is 0 Å². The Hall–Kier alpha value is -1.94. The fourth-order valence-electron chi connectivity index (χ4n) is 1.69. The predicted octanol–water partition coefficient (Wildman–Crippen LogP) is 3.06. The van der Waals surface area contributed by atoms with Gasteiger partial charge in [-0.15, -0.1) is 0 Å². The van der Waals surface area contributed by atoms with Crippen LogP contribution in [0.2, 0.25) is 5.02 Å². The Bertz CT molecular complexity index is 656. The van der Waals surface area contributed by atoms with Crippen LogP contribution in [0.25, 0.3) is 22.4 Å². The van der Waals surface area contributed by atoms with Crippen LogP contribution < -0.4 is 5.73 Å². The largest absolute Gasteiger partial charge is 0.394 e. The number of hydrogen-bond donors (Lipinski definition) is 2. The van der Waals surface area contributed by atoms with Gasteiger partial charge in [-0.2, -0.15) is 0 Å². The number of H-pyrrole nitrogens is 1. The van der Waals surface area contributed by atoms with E-state index in [4.69, 9.17) is 21.9 Å². The normalized spacial score (nSPS) is 11.1. The molecule has 0 unspecified atom stereocenters. The molecule has 5 heteroatoms. The van der Waals surface area contributed by atoms with Crippen molar-refractivity contribution in [2.45, 2.75) is 0 Å². The van der Waals surface area contributed by atoms with E-state index in [-0.39, 0.29) is 0 Å². The molecule has 0 fully saturated rings. The lowest BCUT2D eigenvalue weighted by Gasteiger charge is -1.92. The second-order valence-corrected chi connectivity index (χ2v) is 3.90. The Morgan fingerprint density at radius 3 is 2.94 bits per heavy atom. The molecule has 0 aliphatic carbocycles. The summed E-state index contributed by atoms with van der Waals surface area (Å²) in [5.74, 6) is 0.535. The van der Waals surface area contributed by atoms with E-state index >= 15 is 0 Å². The molecule has 3 rings (SSSR count). The first-order chi connectivity index (χ1) is 7.75. The van der Waals surface area contributed by atoms with Crippen LogP contribution in [0.1, 0.15) is 0 Å². The van der Waals surface area contributed by atoms with Crippen LogP contribution in [0.4, 0.5) is 5.69 Å². The van der Waals surface area contributed by atoms with Crippen molar-refractivity contribution >= 4 is 28.2 Å². The highest BCUT2D eigenvalue weighted by Crippen LogP contribution is 2.30. The van der Waals surface area contributed by atoms with Crippen LogP contribution in [-0.4, -0.2) is 10.1 Å². The Morgan fingerprint density at radius 2 is 2.25 bits per heavy atom. The summed E-state index contributed by atoms with van der Waals surface area (Å²) in [6.07, 6.45) is 1.47. The minimum Gasteiger partial charge on any atom is -0.394 e. The van der Waals surface area contributed by atoms with E-state index in [1.807, 2.05) is 24.3 Å². The molecule has 0 amide bonds. The summed E-state index contributed by atoms with van der Waals surface area (Å²) < 4.78 is 5.07. The van der Waals surface area contributed by atoms with Crippen molar-refractivity contribution in [3.05, 3.63) is 35.5 Å². The summed E-state index contributed by atoms with van der Waals surface area (Å²) in [5, 5.41) is 5.32. The monoisotopic (exact) mass is 233 g/mol. The van der Waals surface area contributed by atoms with E-state index < -0.39 is 0 Å². The number of aromatic amines is 1. The van der Waals surface area contributed by atoms with E-state index in [1.54, 1.807) is 0 Å². The number of anilines is 1. The highest BCUT2D eigenvalue weighted by Gasteiger charge is 2.11. The van der Waals surface area contributed by atoms with Crippen LogP contribution in [0.15, 0.2) is 35.0 Å². The first-order valence-electron chi connectivity index (χ1n) is 4.73. The minimum atomic E-state index is 0.502. The molecule has 3 N–H and O–H groups in total. The molecule has 0 radical (unpaired) electrons. The zero-order valence-corrected chi connectivity index (χ0v) is 8.95. The number of para-hydroxylation sites is 1. The van der Waals surface area contributed by atoms with Gasteiger partial charge in [-0.1, -0.05) is 28.9 Å². The molecule has 0 atom stereocenters. The van der Waals surface area contributed by atoms with Crippen molar-refractivity contribution in [2.24, 2.45) is 0 Å². The van der Waals surface area contributed by atoms with Crippen LogP contribution >= 0.6 is 11.6 Å². The Morgan fingerprint density at radius 1 is 1.38 bits per heavy atom. The van der Waals surface area contributed by atoms with Crippen molar-refractivity contribution in [1.29, 1.82) is 0 Å². The third-order valence-corrected chi connectivity index (χ3v) is 2.76. The standard InChI is InChI=1S/C11H8ClN3O/c12-7-3-1-2-6-4-9(15-10(6)7)11-8(13)5-14-16-11/h1-5,15H,13H2. The Labute approximate surface area is 96.0 Å². The molecule has 0 aliphatic rings. The molecular formula is C11H8ClN3O. The second kappa shape index (κ2) is 3.28. The van der Waals surface area contributed by atoms with E-state index in [2.05, 4.69) is 10.1 Å². The van der Waals surface area contributed by atoms with E-state index in [0.717, 1.165) is 16.6 Å². The molecular weight excluding hydrogens is 226 g/mol. The van der Waals surface area contributed by atoms with Gasteiger partial charge >= 0.3 is 0 Å². The van der Waals surface area contributed by atoms with Crippen molar-refractivity contribution in [3.8, 4) is 11.5 Å². The van der Waals surface area contributed by atoms with E-state index in [0.29, 0.717) is 16.5 Å². The molecule has 1 aromatic carbocycles. The third kappa shape index (κ3) is 1.27. The number of aromatic nitrogens is 2.